The third kappa shape index (κ3) is 33.6. The lowest BCUT2D eigenvalue weighted by Crippen LogP contribution is -2.43. The summed E-state index contributed by atoms with van der Waals surface area (Å²) in [5.74, 6) is -0.869. The summed E-state index contributed by atoms with van der Waals surface area (Å²) in [7, 11) is 2.63. The molecule has 1 amide bonds. The van der Waals surface area contributed by atoms with Gasteiger partial charge in [0, 0.05) is 19.3 Å². The van der Waals surface area contributed by atoms with E-state index in [1.165, 1.54) is 186 Å². The highest BCUT2D eigenvalue weighted by Crippen LogP contribution is 2.18. The summed E-state index contributed by atoms with van der Waals surface area (Å²) in [4.78, 5) is 54.6. The molecular formula is C68H104N8O10. The second-order valence-corrected chi connectivity index (χ2v) is 22.3. The number of rotatable bonds is 40. The number of nitrogens with one attached hydrogen (secondary N) is 1. The normalized spacial score (nSPS) is 11.5. The molecule has 2 unspecified atom stereocenters. The minimum absolute atomic E-state index is 0.112. The third-order valence-corrected chi connectivity index (χ3v) is 14.9. The van der Waals surface area contributed by atoms with Crippen molar-refractivity contribution in [2.45, 2.75) is 244 Å². The molecule has 2 heterocycles. The number of phenolic OH excluding ortho intramolecular Hbond substituents is 2. The van der Waals surface area contributed by atoms with Gasteiger partial charge in [0.2, 0.25) is 5.91 Å². The molecule has 476 valence electrons. The molecule has 0 fully saturated rings. The second-order valence-electron chi connectivity index (χ2n) is 22.3. The molecular weight excluding hydrogens is 1090 g/mol. The number of amides is 1. The lowest BCUT2D eigenvalue weighted by molar-refractivity contribution is -0.146. The molecule has 4 aromatic carbocycles. The molecule has 0 aliphatic rings. The number of phenols is 2. The maximum Gasteiger partial charge on any atom is 0.335 e. The zero-order valence-electron chi connectivity index (χ0n) is 52.4. The van der Waals surface area contributed by atoms with Crippen molar-refractivity contribution in [2.75, 3.05) is 14.2 Å². The molecule has 0 saturated heterocycles. The van der Waals surface area contributed by atoms with E-state index in [-0.39, 0.29) is 23.4 Å². The molecule has 18 nitrogen and oxygen atoms in total. The van der Waals surface area contributed by atoms with Gasteiger partial charge >= 0.3 is 17.9 Å². The van der Waals surface area contributed by atoms with Gasteiger partial charge in [-0.3, -0.25) is 9.59 Å². The van der Waals surface area contributed by atoms with Gasteiger partial charge in [0.15, 0.2) is 0 Å². The van der Waals surface area contributed by atoms with Crippen LogP contribution < -0.4 is 15.9 Å². The molecule has 0 aliphatic carbocycles. The zero-order valence-corrected chi connectivity index (χ0v) is 52.4. The fourth-order valence-corrected chi connectivity index (χ4v) is 9.80. The number of unbranched alkanes of at least 4 members (excludes halogenated alkanes) is 28. The largest absolute Gasteiger partial charge is 0.508 e. The minimum Gasteiger partial charge on any atom is -0.508 e. The molecule has 0 bridgehead atoms. The highest BCUT2D eigenvalue weighted by Gasteiger charge is 2.22. The van der Waals surface area contributed by atoms with Crippen molar-refractivity contribution < 1.29 is 48.9 Å². The van der Waals surface area contributed by atoms with Crippen LogP contribution in [0.2, 0.25) is 0 Å². The van der Waals surface area contributed by atoms with Gasteiger partial charge in [-0.25, -0.2) is 9.59 Å². The number of carbonyl (C=O) groups excluding carboxylic acids is 4. The predicted octanol–water partition coefficient (Wildman–Crippen LogP) is 14.6. The van der Waals surface area contributed by atoms with Gasteiger partial charge in [-0.15, -0.1) is 10.2 Å². The summed E-state index contributed by atoms with van der Waals surface area (Å²) in [6.07, 6.45) is 40.8. The first-order chi connectivity index (χ1) is 41.9. The predicted molar refractivity (Wildman–Crippen MR) is 340 cm³/mol. The average molecular weight is 1190 g/mol. The number of carbonyl (C=O) groups is 4. The van der Waals surface area contributed by atoms with Crippen molar-refractivity contribution in [1.29, 1.82) is 0 Å². The van der Waals surface area contributed by atoms with Crippen molar-refractivity contribution in [3.63, 3.8) is 0 Å². The van der Waals surface area contributed by atoms with Crippen molar-refractivity contribution in [2.24, 2.45) is 5.73 Å². The Morgan fingerprint density at radius 2 is 0.849 bits per heavy atom. The van der Waals surface area contributed by atoms with Gasteiger partial charge in [-0.1, -0.05) is 252 Å². The first kappa shape index (κ1) is 73.2. The van der Waals surface area contributed by atoms with Gasteiger partial charge in [0.1, 0.15) is 45.6 Å². The number of hydrogen-bond donors (Lipinski definition) is 5. The molecule has 0 radical (unpaired) electrons. The molecule has 0 spiro atoms. The SMILES string of the molecule is CCCCCCCCCCCCCCCCCC(=O)NC(Cc1ccc(O)cc1)C(=O)OC.CCCCCCCCCCCCCCCCCC(=O)On1nnc2ccccc21.COC(=O)C(N)Cc1ccc(O)cc1.On1nnc2ccccc21. The van der Waals surface area contributed by atoms with E-state index in [0.717, 1.165) is 52.7 Å². The van der Waals surface area contributed by atoms with Crippen LogP contribution in [0.25, 0.3) is 22.1 Å². The molecule has 0 saturated carbocycles. The number of hydrogen-bond acceptors (Lipinski definition) is 15. The maximum absolute atomic E-state index is 12.3. The summed E-state index contributed by atoms with van der Waals surface area (Å²) in [6, 6.07) is 26.5. The zero-order chi connectivity index (χ0) is 62.2. The molecule has 18 heteroatoms. The Morgan fingerprint density at radius 1 is 0.477 bits per heavy atom. The van der Waals surface area contributed by atoms with E-state index in [1.807, 2.05) is 36.4 Å². The summed E-state index contributed by atoms with van der Waals surface area (Å²) in [5, 5.41) is 45.1. The van der Waals surface area contributed by atoms with Gasteiger partial charge in [-0.2, -0.15) is 0 Å². The molecule has 6 rings (SSSR count). The average Bonchev–Trinajstić information content (AvgIpc) is 2.93. The number of aromatic nitrogens is 6. The highest BCUT2D eigenvalue weighted by molar-refractivity contribution is 5.84. The fourth-order valence-electron chi connectivity index (χ4n) is 9.80. The topological polar surface area (TPSA) is 256 Å². The Balaban J connectivity index is 0.000000327. The van der Waals surface area contributed by atoms with E-state index in [9.17, 15) is 24.3 Å². The van der Waals surface area contributed by atoms with E-state index in [4.69, 9.17) is 25.6 Å². The first-order valence-electron chi connectivity index (χ1n) is 32.2. The van der Waals surface area contributed by atoms with Gasteiger partial charge < -0.3 is 40.8 Å². The molecule has 6 aromatic rings. The van der Waals surface area contributed by atoms with E-state index in [0.29, 0.717) is 36.7 Å². The van der Waals surface area contributed by atoms with E-state index < -0.39 is 24.0 Å². The molecule has 86 heavy (non-hydrogen) atoms. The van der Waals surface area contributed by atoms with Crippen LogP contribution in [0, 0.1) is 0 Å². The van der Waals surface area contributed by atoms with Crippen LogP contribution in [0.15, 0.2) is 97.1 Å². The smallest absolute Gasteiger partial charge is 0.335 e. The number of ether oxygens (including phenoxy) is 2. The van der Waals surface area contributed by atoms with Crippen LogP contribution in [-0.4, -0.2) is 95.9 Å². The number of benzene rings is 4. The number of methoxy groups -OCH3 is 2. The molecule has 6 N–H and O–H groups in total. The fraction of sp³-hybridized carbons (Fsp3) is 0.588. The number of fused-ring (bicyclic) bond motifs is 2. The van der Waals surface area contributed by atoms with Crippen molar-refractivity contribution >= 4 is 45.9 Å². The number of nitrogens with zero attached hydrogens (tertiary/aromatic N) is 6. The standard InChI is InChI=1S/C28H47NO4.C24H39N3O2.C10H13NO3.C6H5N3O/c1-3-4-5-6-7-8-9-10-11-12-13-14-15-16-17-18-27(31)29-26(28(32)33-2)23-24-19-21-25(30)22-20-24;1-2-3-4-5-6-7-8-9-10-11-12-13-14-15-16-21-24(28)29-27-23-20-18-17-19-22(23)25-26-27;1-14-10(13)9(11)6-7-2-4-8(12)5-3-7;10-9-6-4-2-1-3-5(6)7-8-9/h19-22,26,30H,3-18,23H2,1-2H3,(H,29,31);17-20H,2-16,21H2,1H3;2-5,9,12H,6,11H2,1H3;1-4,10H. The number of nitrogens with two attached hydrogens (primary N) is 1. The summed E-state index contributed by atoms with van der Waals surface area (Å²) in [6.45, 7) is 4.54. The summed E-state index contributed by atoms with van der Waals surface area (Å²) < 4.78 is 9.33. The monoisotopic (exact) mass is 1190 g/mol. The van der Waals surface area contributed by atoms with Crippen molar-refractivity contribution in [3.8, 4) is 11.5 Å². The Bertz CT molecular complexity index is 2700. The third-order valence-electron chi connectivity index (χ3n) is 14.9. The molecule has 2 aromatic heterocycles. The molecule has 0 aliphatic heterocycles. The lowest BCUT2D eigenvalue weighted by Gasteiger charge is -2.16. The summed E-state index contributed by atoms with van der Waals surface area (Å²) in [5.41, 5.74) is 10.1. The van der Waals surface area contributed by atoms with Crippen LogP contribution in [0.1, 0.15) is 230 Å². The van der Waals surface area contributed by atoms with Crippen LogP contribution in [-0.2, 0) is 41.5 Å². The minimum atomic E-state index is -0.705. The van der Waals surface area contributed by atoms with E-state index in [1.54, 1.807) is 60.7 Å². The van der Waals surface area contributed by atoms with Crippen LogP contribution in [0.3, 0.4) is 0 Å². The van der Waals surface area contributed by atoms with E-state index in [2.05, 4.69) is 44.5 Å². The number of esters is 2. The van der Waals surface area contributed by atoms with Crippen molar-refractivity contribution in [1.82, 2.24) is 35.6 Å². The van der Waals surface area contributed by atoms with Crippen LogP contribution >= 0.6 is 0 Å². The van der Waals surface area contributed by atoms with E-state index >= 15 is 0 Å². The van der Waals surface area contributed by atoms with Crippen molar-refractivity contribution in [3.05, 3.63) is 108 Å². The number of para-hydroxylation sites is 2. The quantitative estimate of drug-likeness (QED) is 0.0104. The second kappa shape index (κ2) is 47.1. The maximum atomic E-state index is 12.3. The van der Waals surface area contributed by atoms with Gasteiger partial charge in [0.05, 0.1) is 14.2 Å². The van der Waals surface area contributed by atoms with Crippen LogP contribution in [0.5, 0.6) is 11.5 Å². The Labute approximate surface area is 512 Å². The summed E-state index contributed by atoms with van der Waals surface area (Å²) >= 11 is 0. The Morgan fingerprint density at radius 3 is 1.28 bits per heavy atom. The Kier molecular flexibility index (Phi) is 40.1. The van der Waals surface area contributed by atoms with Crippen LogP contribution in [0.4, 0.5) is 0 Å². The highest BCUT2D eigenvalue weighted by atomic mass is 16.7. The van der Waals surface area contributed by atoms with Gasteiger partial charge in [0.25, 0.3) is 0 Å². The molecule has 2 atom stereocenters. The lowest BCUT2D eigenvalue weighted by atomic mass is 10.0. The number of aromatic hydroxyl groups is 2. The Hall–Kier alpha value is -7.08. The van der Waals surface area contributed by atoms with Gasteiger partial charge in [-0.05, 0) is 89.3 Å². The first-order valence-corrected chi connectivity index (χ1v) is 32.2.